The summed E-state index contributed by atoms with van der Waals surface area (Å²) in [5, 5.41) is 18.4. The zero-order valence-electron chi connectivity index (χ0n) is 23.2. The fourth-order valence-corrected chi connectivity index (χ4v) is 5.64. The predicted octanol–water partition coefficient (Wildman–Crippen LogP) is 4.84. The third-order valence-corrected chi connectivity index (χ3v) is 8.19. The molecule has 0 bridgehead atoms. The largest absolute Gasteiger partial charge is 0.477 e. The molecule has 4 aromatic rings. The van der Waals surface area contributed by atoms with Crippen LogP contribution in [-0.2, 0) is 17.9 Å². The van der Waals surface area contributed by atoms with Gasteiger partial charge in [-0.1, -0.05) is 12.1 Å². The molecule has 2 atom stereocenters. The van der Waals surface area contributed by atoms with Crippen LogP contribution in [0.25, 0.3) is 11.2 Å². The van der Waals surface area contributed by atoms with E-state index in [-0.39, 0.29) is 35.9 Å². The van der Waals surface area contributed by atoms with Gasteiger partial charge in [0, 0.05) is 29.8 Å². The molecule has 11 heteroatoms. The normalized spacial score (nSPS) is 18.4. The first-order valence-electron chi connectivity index (χ1n) is 14.1. The van der Waals surface area contributed by atoms with Crippen LogP contribution in [0.1, 0.15) is 71.3 Å². The second kappa shape index (κ2) is 11.8. The summed E-state index contributed by atoms with van der Waals surface area (Å²) in [7, 11) is 0. The van der Waals surface area contributed by atoms with E-state index in [1.54, 1.807) is 24.3 Å². The van der Waals surface area contributed by atoms with Crippen LogP contribution in [0, 0.1) is 17.1 Å². The topological polar surface area (TPSA) is 126 Å². The first-order chi connectivity index (χ1) is 20.4. The summed E-state index contributed by atoms with van der Waals surface area (Å²) in [6, 6.07) is 15.2. The molecule has 6 rings (SSSR count). The van der Waals surface area contributed by atoms with Gasteiger partial charge < -0.3 is 19.1 Å². The molecule has 0 radical (unpaired) electrons. The van der Waals surface area contributed by atoms with E-state index in [0.29, 0.717) is 29.2 Å². The fraction of sp³-hybridized carbons (Fsp3) is 0.387. The van der Waals surface area contributed by atoms with Crippen molar-refractivity contribution in [3.63, 3.8) is 0 Å². The number of fused-ring (bicyclic) bond motifs is 1. The molecule has 0 aliphatic carbocycles. The van der Waals surface area contributed by atoms with Crippen molar-refractivity contribution < 1.29 is 23.8 Å². The van der Waals surface area contributed by atoms with E-state index in [0.717, 1.165) is 50.5 Å². The van der Waals surface area contributed by atoms with Crippen LogP contribution in [0.2, 0.25) is 0 Å². The minimum atomic E-state index is -1.06. The molecule has 0 amide bonds. The van der Waals surface area contributed by atoms with Gasteiger partial charge in [-0.3, -0.25) is 4.90 Å². The number of hydrogen-bond donors (Lipinski definition) is 1. The number of carboxylic acids is 1. The number of nitrogens with zero attached hydrogens (tertiary/aromatic N) is 6. The second-order valence-electron chi connectivity index (χ2n) is 10.8. The lowest BCUT2D eigenvalue weighted by atomic mass is 9.92. The van der Waals surface area contributed by atoms with Gasteiger partial charge in [-0.25, -0.2) is 24.1 Å². The van der Waals surface area contributed by atoms with Gasteiger partial charge >= 0.3 is 5.97 Å². The summed E-state index contributed by atoms with van der Waals surface area (Å²) >= 11 is 0. The number of carbonyl (C=O) groups is 1. The van der Waals surface area contributed by atoms with Gasteiger partial charge in [-0.05, 0) is 69.6 Å². The number of rotatable bonds is 9. The summed E-state index contributed by atoms with van der Waals surface area (Å²) in [6.45, 7) is 5.16. The number of aromatic carboxylic acids is 1. The monoisotopic (exact) mass is 570 g/mol. The lowest BCUT2D eigenvalue weighted by molar-refractivity contribution is -0.0595. The highest BCUT2D eigenvalue weighted by atomic mass is 19.1. The Morgan fingerprint density at radius 1 is 1.17 bits per heavy atom. The number of pyridine rings is 2. The van der Waals surface area contributed by atoms with Gasteiger partial charge in [-0.2, -0.15) is 5.26 Å². The maximum Gasteiger partial charge on any atom is 0.354 e. The van der Waals surface area contributed by atoms with Crippen molar-refractivity contribution in [2.45, 2.75) is 57.4 Å². The average Bonchev–Trinajstić information content (AvgIpc) is 3.35. The number of hydrogen-bond acceptors (Lipinski definition) is 8. The zero-order valence-corrected chi connectivity index (χ0v) is 23.2. The molecular weight excluding hydrogens is 539 g/mol. The molecule has 2 saturated heterocycles. The maximum absolute atomic E-state index is 14.3. The van der Waals surface area contributed by atoms with Crippen molar-refractivity contribution in [1.82, 2.24) is 24.4 Å². The Labute approximate surface area is 242 Å². The average molecular weight is 571 g/mol. The summed E-state index contributed by atoms with van der Waals surface area (Å²) in [5.74, 6) is 0.0136. The first kappa shape index (κ1) is 27.8. The van der Waals surface area contributed by atoms with Crippen molar-refractivity contribution in [2.75, 3.05) is 19.7 Å². The number of benzene rings is 1. The van der Waals surface area contributed by atoms with Crippen LogP contribution < -0.4 is 4.74 Å². The van der Waals surface area contributed by atoms with Crippen LogP contribution >= 0.6 is 0 Å². The van der Waals surface area contributed by atoms with E-state index < -0.39 is 11.8 Å². The molecule has 0 saturated carbocycles. The Balaban J connectivity index is 1.13. The number of nitriles is 1. The lowest BCUT2D eigenvalue weighted by Gasteiger charge is -2.36. The van der Waals surface area contributed by atoms with Crippen molar-refractivity contribution in [2.24, 2.45) is 0 Å². The number of carboxylic acid groups (broad SMARTS) is 1. The quantitative estimate of drug-likeness (QED) is 0.301. The van der Waals surface area contributed by atoms with Crippen molar-refractivity contribution in [3.05, 3.63) is 82.7 Å². The fourth-order valence-electron chi connectivity index (χ4n) is 5.64. The van der Waals surface area contributed by atoms with E-state index in [2.05, 4.69) is 16.8 Å². The first-order valence-corrected chi connectivity index (χ1v) is 14.1. The van der Waals surface area contributed by atoms with Gasteiger partial charge in [0.2, 0.25) is 5.88 Å². The molecule has 0 spiro atoms. The third-order valence-electron chi connectivity index (χ3n) is 8.19. The number of imidazole rings is 1. The van der Waals surface area contributed by atoms with Gasteiger partial charge in [0.05, 0.1) is 30.3 Å². The van der Waals surface area contributed by atoms with Gasteiger partial charge in [-0.15, -0.1) is 0 Å². The Bertz CT molecular complexity index is 1660. The number of aromatic nitrogens is 4. The number of likely N-dealkylation sites (tertiary alicyclic amines) is 1. The van der Waals surface area contributed by atoms with Crippen LogP contribution in [-0.4, -0.2) is 61.3 Å². The third kappa shape index (κ3) is 5.68. The summed E-state index contributed by atoms with van der Waals surface area (Å²) < 4.78 is 27.8. The van der Waals surface area contributed by atoms with Crippen LogP contribution in [0.4, 0.5) is 4.39 Å². The molecule has 2 fully saturated rings. The molecule has 42 heavy (non-hydrogen) atoms. The molecule has 10 nitrogen and oxygen atoms in total. The molecular formula is C31H31FN6O4. The molecule has 1 aromatic carbocycles. The number of ether oxygens (including phenoxy) is 2. The van der Waals surface area contributed by atoms with Crippen molar-refractivity contribution in [1.29, 1.82) is 5.26 Å². The second-order valence-corrected chi connectivity index (χ2v) is 10.8. The minimum Gasteiger partial charge on any atom is -0.477 e. The highest BCUT2D eigenvalue weighted by molar-refractivity contribution is 5.88. The smallest absolute Gasteiger partial charge is 0.354 e. The standard InChI is InChI=1S/C31H31FN6O4/c1-19(29-35-26-7-8-27(31(39)40)36-30(26)38(29)17-23-11-14-41-23)37-12-9-21(10-13-37)25-3-2-4-28(34-25)42-18-22-6-5-20(16-33)15-24(22)32/h2-8,15,19,21,23H,9-14,17-18H2,1H3,(H,39,40)/t19-,23-/m0/s1. The van der Waals surface area contributed by atoms with Crippen LogP contribution in [0.3, 0.4) is 0 Å². The van der Waals surface area contributed by atoms with Crippen LogP contribution in [0.5, 0.6) is 5.88 Å². The summed E-state index contributed by atoms with van der Waals surface area (Å²) in [6.07, 6.45) is 2.83. The van der Waals surface area contributed by atoms with E-state index in [1.165, 1.54) is 12.1 Å². The summed E-state index contributed by atoms with van der Waals surface area (Å²) in [5.41, 5.74) is 2.83. The lowest BCUT2D eigenvalue weighted by Crippen LogP contribution is -2.37. The van der Waals surface area contributed by atoms with Gasteiger partial charge in [0.1, 0.15) is 23.8 Å². The Morgan fingerprint density at radius 2 is 1.98 bits per heavy atom. The minimum absolute atomic E-state index is 0.000979. The molecule has 216 valence electrons. The van der Waals surface area contributed by atoms with Crippen molar-refractivity contribution >= 4 is 17.1 Å². The number of piperidine rings is 1. The van der Waals surface area contributed by atoms with Crippen molar-refractivity contribution in [3.8, 4) is 11.9 Å². The molecule has 2 aliphatic rings. The molecule has 0 unspecified atom stereocenters. The van der Waals surface area contributed by atoms with E-state index in [4.69, 9.17) is 24.7 Å². The van der Waals surface area contributed by atoms with Gasteiger partial charge in [0.25, 0.3) is 0 Å². The SMILES string of the molecule is C[C@@H](c1nc2ccc(C(=O)O)nc2n1C[C@@H]1CCO1)N1CCC(c2cccc(OCc3ccc(C#N)cc3F)n2)CC1. The predicted molar refractivity (Wildman–Crippen MR) is 150 cm³/mol. The summed E-state index contributed by atoms with van der Waals surface area (Å²) in [4.78, 5) is 28.0. The van der Waals surface area contributed by atoms with E-state index in [9.17, 15) is 14.3 Å². The Hall–Kier alpha value is -4.40. The highest BCUT2D eigenvalue weighted by Gasteiger charge is 2.30. The molecule has 2 aliphatic heterocycles. The maximum atomic E-state index is 14.3. The molecule has 5 heterocycles. The van der Waals surface area contributed by atoms with Gasteiger partial charge in [0.15, 0.2) is 11.3 Å². The Morgan fingerprint density at radius 3 is 2.67 bits per heavy atom. The zero-order chi connectivity index (χ0) is 29.2. The molecule has 1 N–H and O–H groups in total. The van der Waals surface area contributed by atoms with E-state index >= 15 is 0 Å². The Kier molecular flexibility index (Phi) is 7.82. The highest BCUT2D eigenvalue weighted by Crippen LogP contribution is 2.33. The van der Waals surface area contributed by atoms with E-state index in [1.807, 2.05) is 22.8 Å². The molecule has 3 aromatic heterocycles. The van der Waals surface area contributed by atoms with Crippen LogP contribution in [0.15, 0.2) is 48.5 Å². The number of halogens is 1.